The van der Waals surface area contributed by atoms with Crippen LogP contribution in [0, 0.1) is 0 Å². The summed E-state index contributed by atoms with van der Waals surface area (Å²) in [5.41, 5.74) is -0.713. The van der Waals surface area contributed by atoms with Gasteiger partial charge in [0.25, 0.3) is 5.91 Å². The largest absolute Gasteiger partial charge is 0.388 e. The van der Waals surface area contributed by atoms with Gasteiger partial charge in [0, 0.05) is 43.9 Å². The van der Waals surface area contributed by atoms with Gasteiger partial charge in [0.05, 0.1) is 6.61 Å². The van der Waals surface area contributed by atoms with Gasteiger partial charge in [-0.15, -0.1) is 0 Å². The van der Waals surface area contributed by atoms with Gasteiger partial charge in [0.15, 0.2) is 0 Å². The fourth-order valence-electron chi connectivity index (χ4n) is 2.61. The summed E-state index contributed by atoms with van der Waals surface area (Å²) in [5, 5.41) is 24.4. The molecule has 0 aromatic heterocycles. The summed E-state index contributed by atoms with van der Waals surface area (Å²) in [6.07, 6.45) is -0.685. The second-order valence-electron chi connectivity index (χ2n) is 5.80. The summed E-state index contributed by atoms with van der Waals surface area (Å²) in [6, 6.07) is 6.63. The number of likely N-dealkylation sites (tertiary alicyclic amines) is 1. The highest BCUT2D eigenvalue weighted by Gasteiger charge is 2.41. The summed E-state index contributed by atoms with van der Waals surface area (Å²) in [6.45, 7) is 1.89. The third-order valence-corrected chi connectivity index (χ3v) is 4.37. The number of ether oxygens (including phenoxy) is 1. The summed E-state index contributed by atoms with van der Waals surface area (Å²) in [7, 11) is 1.60. The molecule has 0 unspecified atom stereocenters. The molecule has 7 heteroatoms. The van der Waals surface area contributed by atoms with Crippen molar-refractivity contribution >= 4 is 17.5 Å². The molecule has 1 aliphatic heterocycles. The molecule has 0 radical (unpaired) electrons. The quantitative estimate of drug-likeness (QED) is 0.656. The molecule has 1 amide bonds. The van der Waals surface area contributed by atoms with Crippen molar-refractivity contribution in [3.05, 3.63) is 34.9 Å². The molecule has 6 nitrogen and oxygen atoms in total. The zero-order chi connectivity index (χ0) is 16.9. The van der Waals surface area contributed by atoms with Gasteiger partial charge in [-0.2, -0.15) is 0 Å². The minimum Gasteiger partial charge on any atom is -0.388 e. The van der Waals surface area contributed by atoms with Crippen LogP contribution >= 0.6 is 11.6 Å². The number of rotatable bonds is 6. The zero-order valence-corrected chi connectivity index (χ0v) is 13.9. The minimum absolute atomic E-state index is 0.101. The van der Waals surface area contributed by atoms with Crippen LogP contribution in [0.2, 0.25) is 5.02 Å². The number of benzene rings is 1. The van der Waals surface area contributed by atoms with Gasteiger partial charge in [-0.25, -0.2) is 0 Å². The van der Waals surface area contributed by atoms with Crippen molar-refractivity contribution in [2.75, 3.05) is 39.9 Å². The molecule has 2 rings (SSSR count). The highest BCUT2D eigenvalue weighted by atomic mass is 35.5. The standard InChI is InChI=1S/C16H23ClN2O4/c1-23-9-7-18-11-16(22)6-8-19(10-14(16)20)15(21)12-2-4-13(17)5-3-12/h2-5,14,18,20,22H,6-11H2,1H3/t14-,16-/m0/s1. The number of aliphatic hydroxyl groups excluding tert-OH is 1. The van der Waals surface area contributed by atoms with Crippen LogP contribution < -0.4 is 5.32 Å². The van der Waals surface area contributed by atoms with Crippen molar-refractivity contribution in [2.45, 2.75) is 18.1 Å². The number of hydrogen-bond donors (Lipinski definition) is 3. The number of hydrogen-bond acceptors (Lipinski definition) is 5. The number of β-amino-alcohol motifs (C(OH)–C–C–N with tert-alkyl or cyclic N) is 1. The van der Waals surface area contributed by atoms with Crippen molar-refractivity contribution in [2.24, 2.45) is 0 Å². The van der Waals surface area contributed by atoms with E-state index < -0.39 is 11.7 Å². The lowest BCUT2D eigenvalue weighted by atomic mass is 9.88. The van der Waals surface area contributed by atoms with E-state index in [1.165, 1.54) is 0 Å². The maximum Gasteiger partial charge on any atom is 0.253 e. The van der Waals surface area contributed by atoms with Gasteiger partial charge < -0.3 is 25.2 Å². The summed E-state index contributed by atoms with van der Waals surface area (Å²) >= 11 is 5.82. The zero-order valence-electron chi connectivity index (χ0n) is 13.2. The molecule has 2 atom stereocenters. The lowest BCUT2D eigenvalue weighted by Gasteiger charge is -2.42. The van der Waals surface area contributed by atoms with Gasteiger partial charge in [-0.05, 0) is 30.7 Å². The van der Waals surface area contributed by atoms with E-state index in [2.05, 4.69) is 5.32 Å². The average molecular weight is 343 g/mol. The lowest BCUT2D eigenvalue weighted by Crippen LogP contribution is -2.60. The number of nitrogens with zero attached hydrogens (tertiary/aromatic N) is 1. The molecule has 1 aliphatic rings. The van der Waals surface area contributed by atoms with E-state index in [1.54, 1.807) is 36.3 Å². The third-order valence-electron chi connectivity index (χ3n) is 4.12. The van der Waals surface area contributed by atoms with E-state index in [4.69, 9.17) is 16.3 Å². The van der Waals surface area contributed by atoms with E-state index in [0.717, 1.165) is 0 Å². The van der Waals surface area contributed by atoms with Crippen LogP contribution in [0.25, 0.3) is 0 Å². The van der Waals surface area contributed by atoms with Crippen LogP contribution in [0.3, 0.4) is 0 Å². The second kappa shape index (κ2) is 8.08. The van der Waals surface area contributed by atoms with Crippen molar-refractivity contribution in [3.8, 4) is 0 Å². The Labute approximate surface area is 141 Å². The van der Waals surface area contributed by atoms with Crippen LogP contribution in [0.15, 0.2) is 24.3 Å². The van der Waals surface area contributed by atoms with E-state index in [0.29, 0.717) is 36.7 Å². The number of carbonyl (C=O) groups excluding carboxylic acids is 1. The molecule has 0 saturated carbocycles. The molecule has 1 aromatic rings. The van der Waals surface area contributed by atoms with Gasteiger partial charge in [-0.1, -0.05) is 11.6 Å². The topological polar surface area (TPSA) is 82.0 Å². The Balaban J connectivity index is 1.92. The summed E-state index contributed by atoms with van der Waals surface area (Å²) < 4.78 is 4.93. The van der Waals surface area contributed by atoms with Crippen LogP contribution in [-0.4, -0.2) is 72.6 Å². The van der Waals surface area contributed by atoms with Crippen LogP contribution in [0.5, 0.6) is 0 Å². The Bertz CT molecular complexity index is 525. The van der Waals surface area contributed by atoms with E-state index >= 15 is 0 Å². The van der Waals surface area contributed by atoms with Crippen molar-refractivity contribution < 1.29 is 19.7 Å². The van der Waals surface area contributed by atoms with Crippen LogP contribution in [-0.2, 0) is 4.74 Å². The van der Waals surface area contributed by atoms with Gasteiger partial charge in [0.1, 0.15) is 11.7 Å². The number of amides is 1. The van der Waals surface area contributed by atoms with E-state index in [-0.39, 0.29) is 19.0 Å². The number of nitrogens with one attached hydrogen (secondary N) is 1. The highest BCUT2D eigenvalue weighted by Crippen LogP contribution is 2.24. The first-order valence-electron chi connectivity index (χ1n) is 7.61. The van der Waals surface area contributed by atoms with Crippen LogP contribution in [0.4, 0.5) is 0 Å². The number of halogens is 1. The maximum absolute atomic E-state index is 12.4. The Kier molecular flexibility index (Phi) is 6.38. The first kappa shape index (κ1) is 18.2. The lowest BCUT2D eigenvalue weighted by molar-refractivity contribution is -0.110. The number of aliphatic hydroxyl groups is 2. The number of piperidine rings is 1. The number of methoxy groups -OCH3 is 1. The van der Waals surface area contributed by atoms with Gasteiger partial charge in [-0.3, -0.25) is 4.79 Å². The van der Waals surface area contributed by atoms with Crippen LogP contribution in [0.1, 0.15) is 16.8 Å². The fraction of sp³-hybridized carbons (Fsp3) is 0.562. The van der Waals surface area contributed by atoms with E-state index in [1.807, 2.05) is 0 Å². The molecule has 1 fully saturated rings. The smallest absolute Gasteiger partial charge is 0.253 e. The first-order valence-corrected chi connectivity index (χ1v) is 7.99. The average Bonchev–Trinajstić information content (AvgIpc) is 2.54. The fourth-order valence-corrected chi connectivity index (χ4v) is 2.74. The molecule has 23 heavy (non-hydrogen) atoms. The molecular formula is C16H23ClN2O4. The molecular weight excluding hydrogens is 320 g/mol. The number of carbonyl (C=O) groups is 1. The Morgan fingerprint density at radius 1 is 1.48 bits per heavy atom. The molecule has 0 spiro atoms. The second-order valence-corrected chi connectivity index (χ2v) is 6.23. The molecule has 1 saturated heterocycles. The van der Waals surface area contributed by atoms with E-state index in [9.17, 15) is 15.0 Å². The minimum atomic E-state index is -1.23. The Morgan fingerprint density at radius 2 is 2.17 bits per heavy atom. The normalized spacial score (nSPS) is 24.7. The molecule has 128 valence electrons. The summed E-state index contributed by atoms with van der Waals surface area (Å²) in [4.78, 5) is 14.0. The Hall–Kier alpha value is -1.18. The maximum atomic E-state index is 12.4. The molecule has 0 bridgehead atoms. The third kappa shape index (κ3) is 4.65. The predicted molar refractivity (Wildman–Crippen MR) is 87.7 cm³/mol. The van der Waals surface area contributed by atoms with Crippen molar-refractivity contribution in [1.82, 2.24) is 10.2 Å². The monoisotopic (exact) mass is 342 g/mol. The molecule has 1 aromatic carbocycles. The highest BCUT2D eigenvalue weighted by molar-refractivity contribution is 6.30. The predicted octanol–water partition coefficient (Wildman–Crippen LogP) is 0.514. The molecule has 3 N–H and O–H groups in total. The first-order chi connectivity index (χ1) is 11.0. The van der Waals surface area contributed by atoms with Gasteiger partial charge in [0.2, 0.25) is 0 Å². The van der Waals surface area contributed by atoms with Crippen molar-refractivity contribution in [1.29, 1.82) is 0 Å². The summed E-state index contributed by atoms with van der Waals surface area (Å²) in [5.74, 6) is -0.171. The van der Waals surface area contributed by atoms with Crippen molar-refractivity contribution in [3.63, 3.8) is 0 Å². The Morgan fingerprint density at radius 3 is 2.78 bits per heavy atom. The SMILES string of the molecule is COCCNC[C@@]1(O)CCN(C(=O)c2ccc(Cl)cc2)C[C@@H]1O. The molecule has 0 aliphatic carbocycles. The molecule has 1 heterocycles. The van der Waals surface area contributed by atoms with Gasteiger partial charge >= 0.3 is 0 Å².